The molecule has 0 amide bonds. The molecule has 0 bridgehead atoms. The molecule has 4 rings (SSSR count). The maximum absolute atomic E-state index is 13.3. The minimum absolute atomic E-state index is 0.00941. The Morgan fingerprint density at radius 3 is 2.41 bits per heavy atom. The topological polar surface area (TPSA) is 175 Å². The number of phenols is 3. The highest BCUT2D eigenvalue weighted by molar-refractivity contribution is 6.05. The van der Waals surface area contributed by atoms with E-state index in [0.29, 0.717) is 0 Å². The van der Waals surface area contributed by atoms with Gasteiger partial charge in [0.1, 0.15) is 41.1 Å². The van der Waals surface area contributed by atoms with E-state index in [2.05, 4.69) is 0 Å². The van der Waals surface area contributed by atoms with Crippen LogP contribution in [0.3, 0.4) is 0 Å². The molecule has 1 fully saturated rings. The Labute approximate surface area is 181 Å². The van der Waals surface area contributed by atoms with Crippen LogP contribution in [0.15, 0.2) is 30.3 Å². The molecular weight excluding hydrogens is 428 g/mol. The summed E-state index contributed by atoms with van der Waals surface area (Å²) in [7, 11) is 1.37. The molecular formula is C21H22O11. The van der Waals surface area contributed by atoms with Gasteiger partial charge in [0.05, 0.1) is 13.7 Å². The average Bonchev–Trinajstić information content (AvgIpc) is 2.76. The van der Waals surface area contributed by atoms with Crippen molar-refractivity contribution in [3.8, 4) is 28.7 Å². The van der Waals surface area contributed by atoms with Crippen LogP contribution in [-0.4, -0.2) is 80.8 Å². The van der Waals surface area contributed by atoms with Crippen LogP contribution >= 0.6 is 0 Å². The zero-order valence-electron chi connectivity index (χ0n) is 16.8. The van der Waals surface area contributed by atoms with Crippen molar-refractivity contribution in [1.82, 2.24) is 0 Å². The molecule has 11 heteroatoms. The fraction of sp³-hybridized carbons (Fsp3) is 0.381. The lowest BCUT2D eigenvalue weighted by Gasteiger charge is -2.39. The second kappa shape index (κ2) is 8.45. The number of aliphatic hydroxyl groups excluding tert-OH is 3. The summed E-state index contributed by atoms with van der Waals surface area (Å²) in [6.45, 7) is -0.353. The van der Waals surface area contributed by atoms with Gasteiger partial charge in [-0.1, -0.05) is 6.07 Å². The van der Waals surface area contributed by atoms with Crippen LogP contribution in [0.5, 0.6) is 28.7 Å². The van der Waals surface area contributed by atoms with Gasteiger partial charge in [-0.05, 0) is 17.7 Å². The number of hydrogen-bond donors (Lipinski definition) is 6. The molecule has 0 aliphatic carbocycles. The van der Waals surface area contributed by atoms with Crippen molar-refractivity contribution in [3.63, 3.8) is 0 Å². The van der Waals surface area contributed by atoms with Gasteiger partial charge in [0.2, 0.25) is 5.78 Å². The molecule has 2 aromatic carbocycles. The molecule has 0 unspecified atom stereocenters. The third-order valence-corrected chi connectivity index (χ3v) is 5.39. The van der Waals surface area contributed by atoms with E-state index < -0.39 is 59.8 Å². The summed E-state index contributed by atoms with van der Waals surface area (Å²) in [6.07, 6.45) is -8.78. The van der Waals surface area contributed by atoms with E-state index in [1.807, 2.05) is 0 Å². The maximum Gasteiger partial charge on any atom is 0.203 e. The van der Waals surface area contributed by atoms with Gasteiger partial charge in [-0.2, -0.15) is 0 Å². The number of methoxy groups -OCH3 is 1. The first-order valence-corrected chi connectivity index (χ1v) is 9.66. The smallest absolute Gasteiger partial charge is 0.203 e. The van der Waals surface area contributed by atoms with E-state index in [4.69, 9.17) is 18.9 Å². The monoisotopic (exact) mass is 450 g/mol. The quantitative estimate of drug-likeness (QED) is 0.345. The zero-order valence-corrected chi connectivity index (χ0v) is 16.8. The molecule has 11 nitrogen and oxygen atoms in total. The molecule has 0 saturated carbocycles. The van der Waals surface area contributed by atoms with Crippen molar-refractivity contribution >= 4 is 5.78 Å². The van der Waals surface area contributed by atoms with Crippen molar-refractivity contribution in [2.75, 3.05) is 13.7 Å². The molecule has 2 aliphatic rings. The van der Waals surface area contributed by atoms with Gasteiger partial charge in [-0.25, -0.2) is 0 Å². The molecule has 2 heterocycles. The van der Waals surface area contributed by atoms with Crippen molar-refractivity contribution in [3.05, 3.63) is 41.5 Å². The van der Waals surface area contributed by atoms with Crippen molar-refractivity contribution < 1.29 is 54.4 Å². The van der Waals surface area contributed by atoms with Gasteiger partial charge >= 0.3 is 0 Å². The maximum atomic E-state index is 13.3. The van der Waals surface area contributed by atoms with Crippen LogP contribution < -0.4 is 9.47 Å². The van der Waals surface area contributed by atoms with Crippen LogP contribution in [0.25, 0.3) is 0 Å². The summed E-state index contributed by atoms with van der Waals surface area (Å²) < 4.78 is 21.9. The lowest BCUT2D eigenvalue weighted by molar-refractivity contribution is -0.283. The number of phenolic OH excluding ortho intramolecular Hbond substituents is 3. The van der Waals surface area contributed by atoms with E-state index in [9.17, 15) is 35.4 Å². The normalized spacial score (nSPS) is 29.8. The standard InChI is InChI=1S/C21H22O11/c1-29-9-5-12(24)15-14(6-9)31-19(8-2-3-10(22)11(23)4-8)20(17(15)27)32-21-18(28)16(26)13(25)7-30-21/h2-6,13,16,18-26,28H,7H2,1H3/t13-,16-,18-,19-,20+,21-/m0/s1. The Morgan fingerprint density at radius 2 is 1.72 bits per heavy atom. The van der Waals surface area contributed by atoms with E-state index in [1.165, 1.54) is 37.4 Å². The van der Waals surface area contributed by atoms with Crippen LogP contribution in [0, 0.1) is 0 Å². The summed E-state index contributed by atoms with van der Waals surface area (Å²) in [5.41, 5.74) is 0.0402. The van der Waals surface area contributed by atoms with Crippen molar-refractivity contribution in [2.45, 2.75) is 36.8 Å². The molecule has 2 aromatic rings. The molecule has 0 spiro atoms. The third kappa shape index (κ3) is 3.80. The van der Waals surface area contributed by atoms with Gasteiger partial charge in [-0.3, -0.25) is 4.79 Å². The second-order valence-electron chi connectivity index (χ2n) is 7.48. The van der Waals surface area contributed by atoms with Crippen LogP contribution in [-0.2, 0) is 9.47 Å². The van der Waals surface area contributed by atoms with Gasteiger partial charge in [0, 0.05) is 12.1 Å². The fourth-order valence-corrected chi connectivity index (χ4v) is 3.65. The molecule has 32 heavy (non-hydrogen) atoms. The number of fused-ring (bicyclic) bond motifs is 1. The van der Waals surface area contributed by atoms with Crippen molar-refractivity contribution in [2.24, 2.45) is 0 Å². The number of Topliss-reactive ketones (excluding diaryl/α,β-unsaturated/α-hetero) is 1. The second-order valence-corrected chi connectivity index (χ2v) is 7.48. The summed E-state index contributed by atoms with van der Waals surface area (Å²) in [5, 5.41) is 59.7. The Morgan fingerprint density at radius 1 is 0.969 bits per heavy atom. The summed E-state index contributed by atoms with van der Waals surface area (Å²) in [6, 6.07) is 6.37. The SMILES string of the molecule is COc1cc(O)c2c(c1)O[C@@H](c1ccc(O)c(O)c1)[C@H](O[C@@H]1OC[C@H](O)[C@H](O)[C@@H]1O)C2=O. The third-order valence-electron chi connectivity index (χ3n) is 5.39. The van der Waals surface area contributed by atoms with Crippen LogP contribution in [0.1, 0.15) is 22.0 Å². The first-order valence-electron chi connectivity index (χ1n) is 9.66. The Balaban J connectivity index is 1.75. The lowest BCUT2D eigenvalue weighted by Crippen LogP contribution is -2.56. The molecule has 1 saturated heterocycles. The molecule has 2 aliphatic heterocycles. The predicted octanol–water partition coefficient (Wildman–Crippen LogP) is -0.0474. The predicted molar refractivity (Wildman–Crippen MR) is 105 cm³/mol. The Hall–Kier alpha value is -3.09. The molecule has 6 atom stereocenters. The van der Waals surface area contributed by atoms with E-state index in [-0.39, 0.29) is 29.2 Å². The number of carbonyl (C=O) groups is 1. The van der Waals surface area contributed by atoms with Crippen LogP contribution in [0.4, 0.5) is 0 Å². The molecule has 0 aromatic heterocycles. The van der Waals surface area contributed by atoms with Crippen molar-refractivity contribution in [1.29, 1.82) is 0 Å². The number of aromatic hydroxyl groups is 3. The first kappa shape index (κ1) is 22.1. The number of ketones is 1. The largest absolute Gasteiger partial charge is 0.507 e. The summed E-state index contributed by atoms with van der Waals surface area (Å²) >= 11 is 0. The summed E-state index contributed by atoms with van der Waals surface area (Å²) in [5.74, 6) is -1.79. The fourth-order valence-electron chi connectivity index (χ4n) is 3.65. The number of carbonyl (C=O) groups excluding carboxylic acids is 1. The van der Waals surface area contributed by atoms with E-state index in [1.54, 1.807) is 0 Å². The van der Waals surface area contributed by atoms with Gasteiger partial charge in [-0.15, -0.1) is 0 Å². The minimum Gasteiger partial charge on any atom is -0.507 e. The lowest BCUT2D eigenvalue weighted by atomic mass is 9.92. The minimum atomic E-state index is -1.67. The summed E-state index contributed by atoms with van der Waals surface area (Å²) in [4.78, 5) is 13.3. The highest BCUT2D eigenvalue weighted by Gasteiger charge is 2.46. The van der Waals surface area contributed by atoms with E-state index in [0.717, 1.165) is 0 Å². The number of ether oxygens (including phenoxy) is 4. The number of rotatable bonds is 4. The number of benzene rings is 2. The Kier molecular flexibility index (Phi) is 5.84. The van der Waals surface area contributed by atoms with Gasteiger partial charge in [0.15, 0.2) is 30.0 Å². The Bertz CT molecular complexity index is 1020. The van der Waals surface area contributed by atoms with Crippen LogP contribution in [0.2, 0.25) is 0 Å². The zero-order chi connectivity index (χ0) is 23.2. The molecule has 0 radical (unpaired) electrons. The first-order chi connectivity index (χ1) is 15.2. The average molecular weight is 450 g/mol. The number of hydrogen-bond acceptors (Lipinski definition) is 11. The number of aliphatic hydroxyl groups is 3. The van der Waals surface area contributed by atoms with E-state index >= 15 is 0 Å². The highest BCUT2D eigenvalue weighted by Crippen LogP contribution is 2.44. The molecule has 6 N–H and O–H groups in total. The van der Waals surface area contributed by atoms with Gasteiger partial charge in [0.25, 0.3) is 0 Å². The molecule has 172 valence electrons. The van der Waals surface area contributed by atoms with Gasteiger partial charge < -0.3 is 49.6 Å². The highest BCUT2D eigenvalue weighted by atomic mass is 16.7.